The fourth-order valence-electron chi connectivity index (χ4n) is 2.71. The standard InChI is InChI=1S/C18H16N4O/c1-13-17-16(14-6-3-2-4-7-14)11-20-18(22(17)12-21-13)19-10-15-8-5-9-23-15/h2-9,11-12H,10H2,1H3,(H,19,20). The van der Waals surface area contributed by atoms with Crippen LogP contribution < -0.4 is 5.32 Å². The van der Waals surface area contributed by atoms with Crippen molar-refractivity contribution in [2.45, 2.75) is 13.5 Å². The quantitative estimate of drug-likeness (QED) is 0.621. The van der Waals surface area contributed by atoms with Gasteiger partial charge in [0.2, 0.25) is 5.95 Å². The van der Waals surface area contributed by atoms with E-state index >= 15 is 0 Å². The fourth-order valence-corrected chi connectivity index (χ4v) is 2.71. The lowest BCUT2D eigenvalue weighted by atomic mass is 10.1. The molecule has 0 aliphatic rings. The fraction of sp³-hybridized carbons (Fsp3) is 0.111. The minimum atomic E-state index is 0.580. The van der Waals surface area contributed by atoms with Crippen molar-refractivity contribution in [3.05, 3.63) is 72.7 Å². The van der Waals surface area contributed by atoms with E-state index in [-0.39, 0.29) is 0 Å². The maximum absolute atomic E-state index is 5.35. The number of imidazole rings is 1. The molecular formula is C18H16N4O. The summed E-state index contributed by atoms with van der Waals surface area (Å²) in [4.78, 5) is 9.01. The zero-order valence-corrected chi connectivity index (χ0v) is 12.7. The monoisotopic (exact) mass is 304 g/mol. The molecule has 1 aromatic carbocycles. The van der Waals surface area contributed by atoms with Crippen LogP contribution in [0.15, 0.2) is 65.7 Å². The zero-order valence-electron chi connectivity index (χ0n) is 12.7. The normalized spacial score (nSPS) is 11.0. The van der Waals surface area contributed by atoms with Crippen molar-refractivity contribution in [3.63, 3.8) is 0 Å². The number of nitrogens with zero attached hydrogens (tertiary/aromatic N) is 3. The first kappa shape index (κ1) is 13.6. The summed E-state index contributed by atoms with van der Waals surface area (Å²) in [5, 5.41) is 3.30. The van der Waals surface area contributed by atoms with Gasteiger partial charge in [0, 0.05) is 11.8 Å². The molecule has 0 unspecified atom stereocenters. The number of aromatic nitrogens is 3. The van der Waals surface area contributed by atoms with Gasteiger partial charge in [0.1, 0.15) is 12.1 Å². The lowest BCUT2D eigenvalue weighted by molar-refractivity contribution is 0.517. The van der Waals surface area contributed by atoms with Crippen molar-refractivity contribution in [3.8, 4) is 11.1 Å². The van der Waals surface area contributed by atoms with Gasteiger partial charge >= 0.3 is 0 Å². The highest BCUT2D eigenvalue weighted by Crippen LogP contribution is 2.27. The molecule has 23 heavy (non-hydrogen) atoms. The Morgan fingerprint density at radius 3 is 2.74 bits per heavy atom. The Labute approximate surface area is 133 Å². The molecule has 5 nitrogen and oxygen atoms in total. The molecule has 0 atom stereocenters. The van der Waals surface area contributed by atoms with E-state index in [9.17, 15) is 0 Å². The Morgan fingerprint density at radius 1 is 1.09 bits per heavy atom. The number of furan rings is 1. The van der Waals surface area contributed by atoms with Gasteiger partial charge in [0.15, 0.2) is 0 Å². The summed E-state index contributed by atoms with van der Waals surface area (Å²) >= 11 is 0. The average molecular weight is 304 g/mol. The SMILES string of the molecule is Cc1ncn2c(NCc3ccco3)ncc(-c3ccccc3)c12. The largest absolute Gasteiger partial charge is 0.467 e. The molecule has 0 aliphatic heterocycles. The summed E-state index contributed by atoms with van der Waals surface area (Å²) in [6.45, 7) is 2.59. The molecule has 0 saturated heterocycles. The molecule has 3 heterocycles. The lowest BCUT2D eigenvalue weighted by Gasteiger charge is -2.10. The molecule has 114 valence electrons. The molecule has 0 fully saturated rings. The van der Waals surface area contributed by atoms with E-state index in [1.807, 2.05) is 47.9 Å². The predicted molar refractivity (Wildman–Crippen MR) is 89.2 cm³/mol. The maximum atomic E-state index is 5.35. The van der Waals surface area contributed by atoms with Gasteiger partial charge in [-0.15, -0.1) is 0 Å². The van der Waals surface area contributed by atoms with Gasteiger partial charge in [0.25, 0.3) is 0 Å². The molecule has 3 aromatic heterocycles. The highest BCUT2D eigenvalue weighted by Gasteiger charge is 2.12. The molecule has 0 radical (unpaired) electrons. The number of nitrogens with one attached hydrogen (secondary N) is 1. The van der Waals surface area contributed by atoms with Crippen molar-refractivity contribution in [2.24, 2.45) is 0 Å². The van der Waals surface area contributed by atoms with Crippen LogP contribution in [0.2, 0.25) is 0 Å². The predicted octanol–water partition coefficient (Wildman–Crippen LogP) is 3.91. The number of hydrogen-bond acceptors (Lipinski definition) is 4. The Hall–Kier alpha value is -3.08. The topological polar surface area (TPSA) is 55.4 Å². The van der Waals surface area contributed by atoms with Gasteiger partial charge in [-0.2, -0.15) is 0 Å². The van der Waals surface area contributed by atoms with Gasteiger partial charge in [-0.05, 0) is 24.6 Å². The van der Waals surface area contributed by atoms with Crippen LogP contribution in [0.25, 0.3) is 16.6 Å². The third-order valence-electron chi connectivity index (χ3n) is 3.84. The summed E-state index contributed by atoms with van der Waals surface area (Å²) in [5.74, 6) is 1.61. The van der Waals surface area contributed by atoms with E-state index in [1.165, 1.54) is 0 Å². The number of benzene rings is 1. The van der Waals surface area contributed by atoms with Gasteiger partial charge in [-0.3, -0.25) is 4.40 Å². The van der Waals surface area contributed by atoms with E-state index < -0.39 is 0 Å². The summed E-state index contributed by atoms with van der Waals surface area (Å²) < 4.78 is 7.34. The van der Waals surface area contributed by atoms with Crippen molar-refractivity contribution < 1.29 is 4.42 Å². The molecule has 5 heteroatoms. The molecule has 0 saturated carbocycles. The summed E-state index contributed by atoms with van der Waals surface area (Å²) in [6.07, 6.45) is 5.36. The van der Waals surface area contributed by atoms with E-state index in [4.69, 9.17) is 4.42 Å². The second-order valence-electron chi connectivity index (χ2n) is 5.34. The summed E-state index contributed by atoms with van der Waals surface area (Å²) in [6, 6.07) is 14.0. The van der Waals surface area contributed by atoms with E-state index in [0.29, 0.717) is 6.54 Å². The van der Waals surface area contributed by atoms with Crippen LogP contribution in [0.5, 0.6) is 0 Å². The molecule has 0 aliphatic carbocycles. The molecule has 0 bridgehead atoms. The Balaban J connectivity index is 1.77. The van der Waals surface area contributed by atoms with Gasteiger partial charge in [-0.25, -0.2) is 9.97 Å². The van der Waals surface area contributed by atoms with Crippen LogP contribution in [0.3, 0.4) is 0 Å². The third kappa shape index (κ3) is 2.46. The van der Waals surface area contributed by atoms with Crippen LogP contribution in [0.1, 0.15) is 11.5 Å². The first-order valence-corrected chi connectivity index (χ1v) is 7.47. The van der Waals surface area contributed by atoms with Crippen molar-refractivity contribution in [2.75, 3.05) is 5.32 Å². The average Bonchev–Trinajstić information content (AvgIpc) is 3.24. The van der Waals surface area contributed by atoms with Crippen LogP contribution in [0.4, 0.5) is 5.95 Å². The van der Waals surface area contributed by atoms with E-state index in [0.717, 1.165) is 34.0 Å². The Bertz CT molecular complexity index is 926. The van der Waals surface area contributed by atoms with Crippen LogP contribution >= 0.6 is 0 Å². The third-order valence-corrected chi connectivity index (χ3v) is 3.84. The van der Waals surface area contributed by atoms with Crippen LogP contribution in [-0.2, 0) is 6.54 Å². The Morgan fingerprint density at radius 2 is 1.96 bits per heavy atom. The van der Waals surface area contributed by atoms with Crippen molar-refractivity contribution >= 4 is 11.5 Å². The molecule has 0 amide bonds. The molecular weight excluding hydrogens is 288 g/mol. The van der Waals surface area contributed by atoms with Gasteiger partial charge in [0.05, 0.1) is 24.0 Å². The van der Waals surface area contributed by atoms with Crippen LogP contribution in [0, 0.1) is 6.92 Å². The smallest absolute Gasteiger partial charge is 0.209 e. The highest BCUT2D eigenvalue weighted by molar-refractivity contribution is 5.82. The molecule has 4 aromatic rings. The lowest BCUT2D eigenvalue weighted by Crippen LogP contribution is -2.06. The number of hydrogen-bond donors (Lipinski definition) is 1. The van der Waals surface area contributed by atoms with Crippen molar-refractivity contribution in [1.29, 1.82) is 0 Å². The number of anilines is 1. The first-order chi connectivity index (χ1) is 11.3. The second kappa shape index (κ2) is 5.61. The van der Waals surface area contributed by atoms with Gasteiger partial charge < -0.3 is 9.73 Å². The number of fused-ring (bicyclic) bond motifs is 1. The first-order valence-electron chi connectivity index (χ1n) is 7.47. The van der Waals surface area contributed by atoms with E-state index in [2.05, 4.69) is 27.4 Å². The molecule has 0 spiro atoms. The van der Waals surface area contributed by atoms with E-state index in [1.54, 1.807) is 12.6 Å². The molecule has 4 rings (SSSR count). The van der Waals surface area contributed by atoms with Crippen molar-refractivity contribution in [1.82, 2.24) is 14.4 Å². The molecule has 1 N–H and O–H groups in total. The Kier molecular flexibility index (Phi) is 3.31. The second-order valence-corrected chi connectivity index (χ2v) is 5.34. The van der Waals surface area contributed by atoms with Crippen LogP contribution in [-0.4, -0.2) is 14.4 Å². The summed E-state index contributed by atoms with van der Waals surface area (Å²) in [7, 11) is 0. The number of aryl methyl sites for hydroxylation is 1. The minimum absolute atomic E-state index is 0.580. The maximum Gasteiger partial charge on any atom is 0.209 e. The minimum Gasteiger partial charge on any atom is -0.467 e. The number of rotatable bonds is 4. The zero-order chi connectivity index (χ0) is 15.6. The summed E-state index contributed by atoms with van der Waals surface area (Å²) in [5.41, 5.74) is 4.25. The van der Waals surface area contributed by atoms with Gasteiger partial charge in [-0.1, -0.05) is 30.3 Å². The highest BCUT2D eigenvalue weighted by atomic mass is 16.3.